The van der Waals surface area contributed by atoms with Gasteiger partial charge in [0.05, 0.1) is 36.9 Å². The number of ether oxygens (including phenoxy) is 2. The minimum Gasteiger partial charge on any atom is -0.494 e. The van der Waals surface area contributed by atoms with Crippen molar-refractivity contribution in [3.63, 3.8) is 0 Å². The largest absolute Gasteiger partial charge is 0.494 e. The van der Waals surface area contributed by atoms with Crippen molar-refractivity contribution in [3.8, 4) is 16.9 Å². The van der Waals surface area contributed by atoms with E-state index < -0.39 is 53.0 Å². The van der Waals surface area contributed by atoms with Gasteiger partial charge >= 0.3 is 6.18 Å². The molecule has 0 amide bonds. The van der Waals surface area contributed by atoms with E-state index in [0.717, 1.165) is 23.8 Å². The maximum absolute atomic E-state index is 15.7. The summed E-state index contributed by atoms with van der Waals surface area (Å²) in [5, 5.41) is 6.65. The van der Waals surface area contributed by atoms with Gasteiger partial charge < -0.3 is 20.1 Å². The zero-order valence-corrected chi connectivity index (χ0v) is 24.4. The SMILES string of the molecule is COCCNC(c1ccccc1)[C@H]1CNc2c(Cc3c(F)cccc3C(F)(F)F)c(C)c(-c3cccc(OC)c3F)c(=O)n21. The number of fused-ring (bicyclic) bond motifs is 1. The molecule has 2 N–H and O–H groups in total. The maximum atomic E-state index is 15.7. The summed E-state index contributed by atoms with van der Waals surface area (Å²) in [5.74, 6) is -1.66. The summed E-state index contributed by atoms with van der Waals surface area (Å²) in [6.07, 6.45) is -5.31. The Hall–Kier alpha value is -4.22. The van der Waals surface area contributed by atoms with Gasteiger partial charge in [-0.1, -0.05) is 48.5 Å². The molecule has 11 heteroatoms. The first-order chi connectivity index (χ1) is 21.1. The van der Waals surface area contributed by atoms with Crippen LogP contribution in [0.5, 0.6) is 5.75 Å². The minimum atomic E-state index is -4.82. The Labute approximate surface area is 251 Å². The summed E-state index contributed by atoms with van der Waals surface area (Å²) in [4.78, 5) is 14.4. The molecule has 0 radical (unpaired) electrons. The first kappa shape index (κ1) is 31.2. The van der Waals surface area contributed by atoms with E-state index in [1.807, 2.05) is 30.3 Å². The molecule has 1 unspecified atom stereocenters. The molecule has 6 nitrogen and oxygen atoms in total. The highest BCUT2D eigenvalue weighted by atomic mass is 19.4. The lowest BCUT2D eigenvalue weighted by molar-refractivity contribution is -0.138. The molecule has 44 heavy (non-hydrogen) atoms. The van der Waals surface area contributed by atoms with Crippen LogP contribution in [-0.4, -0.2) is 38.5 Å². The normalized spacial score (nSPS) is 15.1. The molecule has 4 aromatic rings. The van der Waals surface area contributed by atoms with Crippen LogP contribution in [0.2, 0.25) is 0 Å². The van der Waals surface area contributed by atoms with Gasteiger partial charge in [-0.2, -0.15) is 13.2 Å². The van der Waals surface area contributed by atoms with Gasteiger partial charge in [-0.25, -0.2) is 8.78 Å². The summed E-state index contributed by atoms with van der Waals surface area (Å²) in [6, 6.07) is 15.5. The van der Waals surface area contributed by atoms with Crippen molar-refractivity contribution in [2.24, 2.45) is 0 Å². The minimum absolute atomic E-state index is 0.0394. The number of nitrogens with zero attached hydrogens (tertiary/aromatic N) is 1. The van der Waals surface area contributed by atoms with Crippen molar-refractivity contribution >= 4 is 5.82 Å². The number of benzene rings is 3. The van der Waals surface area contributed by atoms with Gasteiger partial charge in [-0.15, -0.1) is 0 Å². The molecule has 2 atom stereocenters. The van der Waals surface area contributed by atoms with Gasteiger partial charge in [0.25, 0.3) is 5.56 Å². The number of aromatic nitrogens is 1. The first-order valence-corrected chi connectivity index (χ1v) is 14.0. The van der Waals surface area contributed by atoms with Gasteiger partial charge in [-0.05, 0) is 36.2 Å². The van der Waals surface area contributed by atoms with E-state index in [-0.39, 0.29) is 40.4 Å². The molecule has 0 spiro atoms. The van der Waals surface area contributed by atoms with Crippen molar-refractivity contribution in [3.05, 3.63) is 117 Å². The van der Waals surface area contributed by atoms with Crippen LogP contribution in [0.25, 0.3) is 11.1 Å². The lowest BCUT2D eigenvalue weighted by Crippen LogP contribution is -2.36. The predicted molar refractivity (Wildman–Crippen MR) is 158 cm³/mol. The summed E-state index contributed by atoms with van der Waals surface area (Å²) in [5.41, 5.74) is -0.976. The molecular formula is C33H32F5N3O3. The molecule has 0 aliphatic carbocycles. The fraction of sp³-hybridized carbons (Fsp3) is 0.303. The highest BCUT2D eigenvalue weighted by Gasteiger charge is 2.38. The summed E-state index contributed by atoms with van der Waals surface area (Å²) >= 11 is 0. The molecular weight excluding hydrogens is 581 g/mol. The van der Waals surface area contributed by atoms with E-state index in [1.54, 1.807) is 14.0 Å². The molecule has 1 aliphatic rings. The lowest BCUT2D eigenvalue weighted by Gasteiger charge is -2.28. The van der Waals surface area contributed by atoms with Crippen molar-refractivity contribution in [2.75, 3.05) is 39.2 Å². The Morgan fingerprint density at radius 3 is 2.41 bits per heavy atom. The third kappa shape index (κ3) is 5.81. The molecule has 0 saturated carbocycles. The number of pyridine rings is 1. The standard InChI is InChI=1S/C33H32F5N3O3/c1-19-22(17-23-24(33(36,37)38)12-8-13-25(23)34)31-40-18-26(30(39-15-16-43-2)20-9-5-4-6-10-20)41(31)32(42)28(19)21-11-7-14-27(44-3)29(21)35/h4-14,26,30,39-40H,15-18H2,1-3H3/t26-,30?/m1/s1. The average molecular weight is 614 g/mol. The molecule has 2 heterocycles. The monoisotopic (exact) mass is 613 g/mol. The van der Waals surface area contributed by atoms with Crippen LogP contribution in [0.3, 0.4) is 0 Å². The third-order valence-corrected chi connectivity index (χ3v) is 8.04. The molecule has 3 aromatic carbocycles. The van der Waals surface area contributed by atoms with Crippen molar-refractivity contribution in [1.29, 1.82) is 0 Å². The zero-order chi connectivity index (χ0) is 31.6. The van der Waals surface area contributed by atoms with Crippen molar-refractivity contribution < 1.29 is 31.4 Å². The molecule has 0 saturated heterocycles. The number of anilines is 1. The second-order valence-corrected chi connectivity index (χ2v) is 10.5. The van der Waals surface area contributed by atoms with Crippen LogP contribution < -0.4 is 20.9 Å². The quantitative estimate of drug-likeness (QED) is 0.155. The predicted octanol–water partition coefficient (Wildman–Crippen LogP) is 6.66. The summed E-state index contributed by atoms with van der Waals surface area (Å²) in [7, 11) is 2.86. The molecule has 0 fully saturated rings. The topological polar surface area (TPSA) is 64.5 Å². The molecule has 0 bridgehead atoms. The van der Waals surface area contributed by atoms with E-state index in [4.69, 9.17) is 9.47 Å². The van der Waals surface area contributed by atoms with Gasteiger partial charge in [-0.3, -0.25) is 9.36 Å². The van der Waals surface area contributed by atoms with E-state index in [2.05, 4.69) is 10.6 Å². The summed E-state index contributed by atoms with van der Waals surface area (Å²) < 4.78 is 84.8. The average Bonchev–Trinajstić information content (AvgIpc) is 3.44. The smallest absolute Gasteiger partial charge is 0.416 e. The van der Waals surface area contributed by atoms with E-state index >= 15 is 8.78 Å². The number of halogens is 5. The fourth-order valence-electron chi connectivity index (χ4n) is 5.95. The van der Waals surface area contributed by atoms with Crippen LogP contribution in [0.4, 0.5) is 27.8 Å². The van der Waals surface area contributed by atoms with Crippen LogP contribution in [0, 0.1) is 18.6 Å². The van der Waals surface area contributed by atoms with Gasteiger partial charge in [0.15, 0.2) is 11.6 Å². The first-order valence-electron chi connectivity index (χ1n) is 14.0. The third-order valence-electron chi connectivity index (χ3n) is 8.04. The summed E-state index contributed by atoms with van der Waals surface area (Å²) in [6.45, 7) is 2.60. The molecule has 232 valence electrons. The number of rotatable bonds is 10. The van der Waals surface area contributed by atoms with Gasteiger partial charge in [0.2, 0.25) is 0 Å². The number of alkyl halides is 3. The zero-order valence-electron chi connectivity index (χ0n) is 24.4. The van der Waals surface area contributed by atoms with Crippen molar-refractivity contribution in [2.45, 2.75) is 31.6 Å². The Balaban J connectivity index is 1.78. The van der Waals surface area contributed by atoms with Crippen molar-refractivity contribution in [1.82, 2.24) is 9.88 Å². The molecule has 1 aliphatic heterocycles. The van der Waals surface area contributed by atoms with E-state index in [1.165, 1.54) is 29.9 Å². The lowest BCUT2D eigenvalue weighted by atomic mass is 9.91. The molecule has 1 aromatic heterocycles. The number of hydrogen-bond acceptors (Lipinski definition) is 5. The van der Waals surface area contributed by atoms with Crippen LogP contribution >= 0.6 is 0 Å². The van der Waals surface area contributed by atoms with E-state index in [9.17, 15) is 18.0 Å². The Kier molecular flexibility index (Phi) is 9.07. The van der Waals surface area contributed by atoms with E-state index in [0.29, 0.717) is 13.2 Å². The second-order valence-electron chi connectivity index (χ2n) is 10.5. The van der Waals surface area contributed by atoms with Crippen LogP contribution in [-0.2, 0) is 17.3 Å². The van der Waals surface area contributed by atoms with Crippen LogP contribution in [0.1, 0.15) is 39.9 Å². The number of nitrogens with one attached hydrogen (secondary N) is 2. The Morgan fingerprint density at radius 1 is 1.00 bits per heavy atom. The highest BCUT2D eigenvalue weighted by molar-refractivity contribution is 5.74. The second kappa shape index (κ2) is 12.8. The van der Waals surface area contributed by atoms with Gasteiger partial charge in [0, 0.05) is 43.3 Å². The Bertz CT molecular complexity index is 1710. The molecule has 5 rings (SSSR count). The highest BCUT2D eigenvalue weighted by Crippen LogP contribution is 2.41. The van der Waals surface area contributed by atoms with Gasteiger partial charge in [0.1, 0.15) is 11.6 Å². The number of methoxy groups -OCH3 is 2. The van der Waals surface area contributed by atoms with Crippen LogP contribution in [0.15, 0.2) is 71.5 Å². The maximum Gasteiger partial charge on any atom is 0.416 e. The Morgan fingerprint density at radius 2 is 1.73 bits per heavy atom. The number of hydrogen-bond donors (Lipinski definition) is 2. The fourth-order valence-corrected chi connectivity index (χ4v) is 5.95.